The van der Waals surface area contributed by atoms with Crippen molar-refractivity contribution in [1.29, 1.82) is 0 Å². The molecule has 0 bridgehead atoms. The number of piperidine rings is 1. The van der Waals surface area contributed by atoms with Crippen LogP contribution in [0.1, 0.15) is 45.8 Å². The second-order valence-electron chi connectivity index (χ2n) is 9.46. The first-order valence-corrected chi connectivity index (χ1v) is 12.3. The van der Waals surface area contributed by atoms with Crippen LogP contribution < -0.4 is 10.2 Å². The van der Waals surface area contributed by atoms with E-state index in [9.17, 15) is 4.79 Å². The van der Waals surface area contributed by atoms with E-state index in [1.54, 1.807) is 6.07 Å². The average molecular weight is 478 g/mol. The molecule has 1 saturated heterocycles. The van der Waals surface area contributed by atoms with Crippen molar-refractivity contribution in [3.8, 4) is 11.3 Å². The lowest BCUT2D eigenvalue weighted by atomic mass is 9.74. The van der Waals surface area contributed by atoms with E-state index in [1.807, 2.05) is 43.3 Å². The summed E-state index contributed by atoms with van der Waals surface area (Å²) in [7, 11) is 0. The van der Waals surface area contributed by atoms with Gasteiger partial charge in [-0.05, 0) is 43.0 Å². The van der Waals surface area contributed by atoms with Crippen LogP contribution in [0.25, 0.3) is 17.3 Å². The Morgan fingerprint density at radius 3 is 2.56 bits per heavy atom. The highest BCUT2D eigenvalue weighted by Gasteiger charge is 2.38. The molecule has 1 aliphatic carbocycles. The highest BCUT2D eigenvalue weighted by Crippen LogP contribution is 2.44. The molecule has 6 rings (SSSR count). The maximum atomic E-state index is 12.8. The average Bonchev–Trinajstić information content (AvgIpc) is 3.49. The summed E-state index contributed by atoms with van der Waals surface area (Å²) in [5.74, 6) is 1.20. The minimum absolute atomic E-state index is 0.124. The molecule has 1 amide bonds. The Bertz CT molecular complexity index is 1420. The van der Waals surface area contributed by atoms with Gasteiger partial charge in [-0.3, -0.25) is 4.79 Å². The zero-order valence-electron chi connectivity index (χ0n) is 20.1. The number of allylic oxidation sites excluding steroid dienone is 1. The summed E-state index contributed by atoms with van der Waals surface area (Å²) in [6.45, 7) is 3.94. The van der Waals surface area contributed by atoms with Gasteiger partial charge in [0.05, 0.1) is 0 Å². The molecule has 4 aromatic rings. The molecule has 7 nitrogen and oxygen atoms in total. The van der Waals surface area contributed by atoms with Crippen LogP contribution in [0.4, 0.5) is 5.82 Å². The molecule has 0 unspecified atom stereocenters. The molecule has 0 saturated carbocycles. The Labute approximate surface area is 209 Å². The molecule has 1 aliphatic heterocycles. The van der Waals surface area contributed by atoms with Crippen LogP contribution >= 0.6 is 0 Å². The number of amides is 1. The van der Waals surface area contributed by atoms with Gasteiger partial charge < -0.3 is 14.7 Å². The Kier molecular flexibility index (Phi) is 5.60. The third-order valence-corrected chi connectivity index (χ3v) is 7.40. The summed E-state index contributed by atoms with van der Waals surface area (Å²) in [4.78, 5) is 15.0. The monoisotopic (exact) mass is 477 g/mol. The van der Waals surface area contributed by atoms with Gasteiger partial charge in [-0.15, -0.1) is 10.2 Å². The van der Waals surface area contributed by atoms with Crippen LogP contribution in [0.15, 0.2) is 77.3 Å². The minimum Gasteiger partial charge on any atom is -0.361 e. The van der Waals surface area contributed by atoms with Crippen LogP contribution in [0.2, 0.25) is 0 Å². The topological polar surface area (TPSA) is 84.2 Å². The van der Waals surface area contributed by atoms with Crippen LogP contribution in [0, 0.1) is 6.92 Å². The van der Waals surface area contributed by atoms with Crippen molar-refractivity contribution >= 4 is 17.8 Å². The Hall–Kier alpha value is -4.26. The quantitative estimate of drug-likeness (QED) is 0.439. The summed E-state index contributed by atoms with van der Waals surface area (Å²) in [5.41, 5.74) is 5.71. The largest absolute Gasteiger partial charge is 0.361 e. The van der Waals surface area contributed by atoms with Gasteiger partial charge >= 0.3 is 0 Å². The number of nitrogens with zero attached hydrogens (tertiary/aromatic N) is 4. The van der Waals surface area contributed by atoms with Crippen molar-refractivity contribution < 1.29 is 9.32 Å². The van der Waals surface area contributed by atoms with Crippen LogP contribution in [-0.2, 0) is 12.0 Å². The summed E-state index contributed by atoms with van der Waals surface area (Å²) in [5, 5.41) is 15.7. The number of rotatable bonds is 5. The summed E-state index contributed by atoms with van der Waals surface area (Å²) < 4.78 is 5.39. The second kappa shape index (κ2) is 9.07. The van der Waals surface area contributed by atoms with Gasteiger partial charge in [-0.25, -0.2) is 0 Å². The predicted molar refractivity (Wildman–Crippen MR) is 138 cm³/mol. The molecule has 0 atom stereocenters. The van der Waals surface area contributed by atoms with E-state index in [1.165, 1.54) is 11.1 Å². The summed E-state index contributed by atoms with van der Waals surface area (Å²) in [6, 6.07) is 22.1. The molecule has 1 spiro atoms. The van der Waals surface area contributed by atoms with Crippen molar-refractivity contribution in [2.45, 2.75) is 31.7 Å². The summed E-state index contributed by atoms with van der Waals surface area (Å²) >= 11 is 0. The van der Waals surface area contributed by atoms with Crippen molar-refractivity contribution in [1.82, 2.24) is 20.7 Å². The maximum Gasteiger partial charge on any atom is 0.272 e. The molecule has 1 fully saturated rings. The first-order valence-electron chi connectivity index (χ1n) is 12.3. The number of aromatic nitrogens is 3. The van der Waals surface area contributed by atoms with Gasteiger partial charge in [0.25, 0.3) is 5.91 Å². The third-order valence-electron chi connectivity index (χ3n) is 7.40. The number of fused-ring (bicyclic) bond motifs is 2. The number of hydrogen-bond donors (Lipinski definition) is 1. The van der Waals surface area contributed by atoms with Crippen molar-refractivity contribution in [3.63, 3.8) is 0 Å². The molecule has 3 heterocycles. The van der Waals surface area contributed by atoms with E-state index in [-0.39, 0.29) is 17.0 Å². The van der Waals surface area contributed by atoms with Gasteiger partial charge in [0.2, 0.25) is 0 Å². The van der Waals surface area contributed by atoms with Crippen LogP contribution in [0.5, 0.6) is 0 Å². The van der Waals surface area contributed by atoms with Gasteiger partial charge in [0, 0.05) is 36.2 Å². The SMILES string of the molecule is Cc1onc(-c2ccccc2)c1CNC(=O)c1ccc(N2CCC3(C=Cc4ccccc43)CC2)nn1. The predicted octanol–water partition coefficient (Wildman–Crippen LogP) is 4.94. The van der Waals surface area contributed by atoms with E-state index >= 15 is 0 Å². The Morgan fingerprint density at radius 2 is 1.78 bits per heavy atom. The van der Waals surface area contributed by atoms with E-state index in [0.717, 1.165) is 48.6 Å². The number of aryl methyl sites for hydroxylation is 1. The fourth-order valence-corrected chi connectivity index (χ4v) is 5.30. The number of carbonyl (C=O) groups is 1. The van der Waals surface area contributed by atoms with Gasteiger partial charge in [0.15, 0.2) is 11.5 Å². The third kappa shape index (κ3) is 3.96. The van der Waals surface area contributed by atoms with Crippen molar-refractivity contribution in [2.75, 3.05) is 18.0 Å². The fraction of sp³-hybridized carbons (Fsp3) is 0.241. The molecular formula is C29H27N5O2. The highest BCUT2D eigenvalue weighted by atomic mass is 16.5. The van der Waals surface area contributed by atoms with E-state index in [4.69, 9.17) is 4.52 Å². The zero-order valence-corrected chi connectivity index (χ0v) is 20.1. The van der Waals surface area contributed by atoms with Crippen molar-refractivity contribution in [3.05, 3.63) is 101 Å². The Morgan fingerprint density at radius 1 is 1.00 bits per heavy atom. The molecule has 0 radical (unpaired) electrons. The lowest BCUT2D eigenvalue weighted by molar-refractivity contribution is 0.0945. The maximum absolute atomic E-state index is 12.8. The van der Waals surface area contributed by atoms with Gasteiger partial charge in [-0.2, -0.15) is 0 Å². The Balaban J connectivity index is 1.09. The summed E-state index contributed by atoms with van der Waals surface area (Å²) in [6.07, 6.45) is 6.69. The molecular weight excluding hydrogens is 450 g/mol. The van der Waals surface area contributed by atoms with Crippen LogP contribution in [0.3, 0.4) is 0 Å². The standard InChI is InChI=1S/C29H27N5O2/c1-20-23(27(33-36-20)22-8-3-2-4-9-22)19-30-28(35)25-11-12-26(32-31-25)34-17-15-29(16-18-34)14-13-21-7-5-6-10-24(21)29/h2-14H,15-19H2,1H3,(H,30,35). The van der Waals surface area contributed by atoms with E-state index in [0.29, 0.717) is 12.3 Å². The first kappa shape index (κ1) is 22.2. The molecule has 36 heavy (non-hydrogen) atoms. The zero-order chi connectivity index (χ0) is 24.5. The number of benzene rings is 2. The highest BCUT2D eigenvalue weighted by molar-refractivity contribution is 5.92. The number of carbonyl (C=O) groups excluding carboxylic acids is 1. The fourth-order valence-electron chi connectivity index (χ4n) is 5.30. The van der Waals surface area contributed by atoms with Crippen LogP contribution in [-0.4, -0.2) is 34.4 Å². The molecule has 180 valence electrons. The van der Waals surface area contributed by atoms with E-state index < -0.39 is 0 Å². The minimum atomic E-state index is -0.279. The van der Waals surface area contributed by atoms with Crippen molar-refractivity contribution in [2.24, 2.45) is 0 Å². The molecule has 2 aromatic heterocycles. The van der Waals surface area contributed by atoms with Gasteiger partial charge in [0.1, 0.15) is 11.5 Å². The normalized spacial score (nSPS) is 15.8. The smallest absolute Gasteiger partial charge is 0.272 e. The second-order valence-corrected chi connectivity index (χ2v) is 9.46. The molecule has 7 heteroatoms. The number of hydrogen-bond acceptors (Lipinski definition) is 6. The first-order chi connectivity index (χ1) is 17.6. The molecule has 2 aromatic carbocycles. The number of nitrogens with one attached hydrogen (secondary N) is 1. The van der Waals surface area contributed by atoms with E-state index in [2.05, 4.69) is 62.0 Å². The molecule has 1 N–H and O–H groups in total. The van der Waals surface area contributed by atoms with Gasteiger partial charge in [-0.1, -0.05) is 71.9 Å². The number of anilines is 1. The lowest BCUT2D eigenvalue weighted by Crippen LogP contribution is -2.41. The molecule has 2 aliphatic rings. The lowest BCUT2D eigenvalue weighted by Gasteiger charge is -2.39.